The molecule has 9 aromatic rings. The topological polar surface area (TPSA) is 143 Å². The molecule has 0 saturated carbocycles. The second kappa shape index (κ2) is 32.7. The summed E-state index contributed by atoms with van der Waals surface area (Å²) in [6.45, 7) is 6.13. The average Bonchev–Trinajstić information content (AvgIpc) is 1.62. The Morgan fingerprint density at radius 2 is 0.761 bits per heavy atom. The van der Waals surface area contributed by atoms with Gasteiger partial charge in [0.1, 0.15) is 32.3 Å². The molecule has 3 heterocycles. The Hall–Kier alpha value is -4.90. The number of fused-ring (bicyclic) bond motifs is 3. The van der Waals surface area contributed by atoms with E-state index in [-0.39, 0.29) is 64.8 Å². The van der Waals surface area contributed by atoms with Gasteiger partial charge in [0.05, 0.1) is 45.8 Å². The van der Waals surface area contributed by atoms with Gasteiger partial charge in [0.25, 0.3) is 0 Å². The average molecular weight is 1660 g/mol. The van der Waals surface area contributed by atoms with Crippen LogP contribution in [0.1, 0.15) is 43.4 Å². The fraction of sp³-hybridized carbons (Fsp3) is 0.300. The molecule has 3 aromatic heterocycles. The number of anilines is 3. The van der Waals surface area contributed by atoms with Crippen LogP contribution < -0.4 is 27.1 Å². The number of hydrogen-bond acceptors (Lipinski definition) is 13. The number of rotatable bonds is 26. The van der Waals surface area contributed by atoms with Gasteiger partial charge >= 0.3 is 19.1 Å². The molecule has 498 valence electrons. The summed E-state index contributed by atoms with van der Waals surface area (Å²) in [7, 11) is -11.1. The standard InChI is InChI=1S/C24H28BrF3N2O3S2.C18H14Br2F3NO3S2.C18H15BrF3NO3S2/c1-3-13-29(14-4-2)15-16-35(31,32)30(23-22(25)20-7-5-6-8-21(20)34-23)17-18-9-11-19(12-10-18)33-24(26,27)28;19-9-10-29(25,26)24(17-16(20)14-3-1-2-4-15(14)28-17)11-12-5-7-13(8-6-12)27-18(21,22)23;19-9-10-28(24,25)23(17-11-14-3-1-2-4-16(14)27-17)12-13-5-7-15(8-6-13)26-18(20,21)22/h5-12H,3-4,13-17H2,1-2H3;1-8H,9-11H2;1-8,11H,9-10,12H2. The second-order valence-electron chi connectivity index (χ2n) is 19.8. The fourth-order valence-electron chi connectivity index (χ4n) is 8.95. The SMILES string of the molecule is CCCN(CCC)CCS(=O)(=O)N(Cc1ccc(OC(F)(F)F)cc1)c1sc2ccccc2c1Br.O=S(=O)(CCBr)N(Cc1ccc(OC(F)(F)F)cc1)c1cc2ccccc2s1.O=S(=O)(CCBr)N(Cc1ccc(OC(F)(F)F)cc1)c1sc2ccccc2c1Br. The van der Waals surface area contributed by atoms with Crippen LogP contribution in [0.2, 0.25) is 0 Å². The van der Waals surface area contributed by atoms with Crippen molar-refractivity contribution in [1.29, 1.82) is 0 Å². The van der Waals surface area contributed by atoms with Gasteiger partial charge in [-0.25, -0.2) is 25.3 Å². The molecule has 0 bridgehead atoms. The van der Waals surface area contributed by atoms with Crippen molar-refractivity contribution in [2.75, 3.05) is 60.5 Å². The monoisotopic (exact) mass is 1660 g/mol. The predicted molar refractivity (Wildman–Crippen MR) is 365 cm³/mol. The van der Waals surface area contributed by atoms with Gasteiger partial charge in [0, 0.05) is 42.1 Å². The van der Waals surface area contributed by atoms with Crippen LogP contribution in [0, 0.1) is 0 Å². The smallest absolute Gasteiger partial charge is 0.406 e. The molecule has 13 nitrogen and oxygen atoms in total. The van der Waals surface area contributed by atoms with Gasteiger partial charge in [-0.2, -0.15) is 0 Å². The summed E-state index contributed by atoms with van der Waals surface area (Å²) in [6.07, 6.45) is -12.5. The van der Waals surface area contributed by atoms with Crippen molar-refractivity contribution in [2.24, 2.45) is 0 Å². The van der Waals surface area contributed by atoms with E-state index in [9.17, 15) is 64.8 Å². The maximum Gasteiger partial charge on any atom is 0.573 e. The molecule has 0 unspecified atom stereocenters. The minimum Gasteiger partial charge on any atom is -0.406 e. The van der Waals surface area contributed by atoms with Gasteiger partial charge in [-0.3, -0.25) is 12.9 Å². The Labute approximate surface area is 572 Å². The third-order valence-electron chi connectivity index (χ3n) is 13.0. The van der Waals surface area contributed by atoms with Gasteiger partial charge in [-0.15, -0.1) is 73.5 Å². The molecule has 9 rings (SSSR count). The zero-order valence-electron chi connectivity index (χ0n) is 48.5. The first-order valence-electron chi connectivity index (χ1n) is 27.5. The molecular formula is C60H57Br4F9N4O9S6. The van der Waals surface area contributed by atoms with Crippen molar-refractivity contribution >= 4 is 173 Å². The van der Waals surface area contributed by atoms with Crippen LogP contribution in [0.5, 0.6) is 17.2 Å². The molecule has 32 heteroatoms. The maximum absolute atomic E-state index is 13.6. The summed E-state index contributed by atoms with van der Waals surface area (Å²) in [5.74, 6) is -1.36. The molecular weight excluding hydrogens is 1600 g/mol. The zero-order chi connectivity index (χ0) is 67.2. The Balaban J connectivity index is 0.000000197. The van der Waals surface area contributed by atoms with Crippen LogP contribution >= 0.6 is 97.7 Å². The van der Waals surface area contributed by atoms with Crippen molar-refractivity contribution in [1.82, 2.24) is 4.90 Å². The summed E-state index contributed by atoms with van der Waals surface area (Å²) in [5.41, 5.74) is 1.62. The van der Waals surface area contributed by atoms with Crippen molar-refractivity contribution < 1.29 is 79.0 Å². The van der Waals surface area contributed by atoms with E-state index in [1.54, 1.807) is 6.07 Å². The highest BCUT2D eigenvalue weighted by Crippen LogP contribution is 2.46. The number of alkyl halides is 11. The molecule has 0 N–H and O–H groups in total. The molecule has 0 aliphatic heterocycles. The number of ether oxygens (including phenoxy) is 3. The van der Waals surface area contributed by atoms with Crippen LogP contribution in [0.25, 0.3) is 30.3 Å². The first-order chi connectivity index (χ1) is 43.3. The predicted octanol–water partition coefficient (Wildman–Crippen LogP) is 18.8. The summed E-state index contributed by atoms with van der Waals surface area (Å²) in [4.78, 5) is 2.14. The van der Waals surface area contributed by atoms with Gasteiger partial charge in [0.2, 0.25) is 30.1 Å². The lowest BCUT2D eigenvalue weighted by molar-refractivity contribution is -0.275. The van der Waals surface area contributed by atoms with Gasteiger partial charge in [-0.1, -0.05) is 137 Å². The Morgan fingerprint density at radius 1 is 0.424 bits per heavy atom. The van der Waals surface area contributed by atoms with Crippen molar-refractivity contribution in [3.8, 4) is 17.2 Å². The van der Waals surface area contributed by atoms with E-state index in [4.69, 9.17) is 0 Å². The minimum absolute atomic E-state index is 0.00839. The van der Waals surface area contributed by atoms with Crippen molar-refractivity contribution in [3.63, 3.8) is 0 Å². The highest BCUT2D eigenvalue weighted by Gasteiger charge is 2.35. The molecule has 0 radical (unpaired) electrons. The summed E-state index contributed by atoms with van der Waals surface area (Å²) >= 11 is 17.4. The quantitative estimate of drug-likeness (QED) is 0.0380. The molecule has 0 aliphatic rings. The molecule has 0 aliphatic carbocycles. The molecule has 0 atom stereocenters. The van der Waals surface area contributed by atoms with E-state index < -0.39 is 49.2 Å². The Bertz CT molecular complexity index is 4180. The zero-order valence-corrected chi connectivity index (χ0v) is 59.7. The number of nitrogens with zero attached hydrogens (tertiary/aromatic N) is 4. The first-order valence-corrected chi connectivity index (χ1v) is 38.6. The fourth-order valence-corrected chi connectivity index (χ4v) is 21.4. The highest BCUT2D eigenvalue weighted by molar-refractivity contribution is 9.11. The van der Waals surface area contributed by atoms with E-state index in [1.165, 1.54) is 108 Å². The molecule has 0 saturated heterocycles. The summed E-state index contributed by atoms with van der Waals surface area (Å²) in [6, 6.07) is 40.1. The summed E-state index contributed by atoms with van der Waals surface area (Å²) < 4.78 is 210. The minimum atomic E-state index is -4.79. The number of benzene rings is 6. The van der Waals surface area contributed by atoms with Crippen molar-refractivity contribution in [3.05, 3.63) is 177 Å². The number of thiophene rings is 3. The van der Waals surface area contributed by atoms with Crippen molar-refractivity contribution in [2.45, 2.75) is 65.4 Å². The molecule has 0 spiro atoms. The van der Waals surface area contributed by atoms with Crippen LogP contribution in [0.4, 0.5) is 54.5 Å². The normalized spacial score (nSPS) is 12.3. The van der Waals surface area contributed by atoms with E-state index in [0.29, 0.717) is 47.2 Å². The first kappa shape index (κ1) is 74.5. The van der Waals surface area contributed by atoms with E-state index in [1.807, 2.05) is 72.8 Å². The van der Waals surface area contributed by atoms with Crippen LogP contribution in [0.3, 0.4) is 0 Å². The van der Waals surface area contributed by atoms with E-state index in [2.05, 4.69) is 96.7 Å². The largest absolute Gasteiger partial charge is 0.573 e. The lowest BCUT2D eigenvalue weighted by Gasteiger charge is -2.26. The molecule has 6 aromatic carbocycles. The molecule has 0 amide bonds. The Morgan fingerprint density at radius 3 is 1.11 bits per heavy atom. The third-order valence-corrected chi connectivity index (χ3v) is 26.0. The van der Waals surface area contributed by atoms with Crippen LogP contribution in [-0.2, 0) is 49.7 Å². The third kappa shape index (κ3) is 21.6. The Kier molecular flexibility index (Phi) is 26.5. The lowest BCUT2D eigenvalue weighted by atomic mass is 10.2. The van der Waals surface area contributed by atoms with Crippen LogP contribution in [0.15, 0.2) is 161 Å². The summed E-state index contributed by atoms with van der Waals surface area (Å²) in [5, 5.41) is 4.86. The van der Waals surface area contributed by atoms with E-state index >= 15 is 0 Å². The maximum atomic E-state index is 13.6. The van der Waals surface area contributed by atoms with Gasteiger partial charge in [-0.05, 0) is 141 Å². The molecule has 0 fully saturated rings. The number of hydrogen-bond donors (Lipinski definition) is 0. The van der Waals surface area contributed by atoms with Crippen LogP contribution in [-0.4, -0.2) is 96.8 Å². The number of sulfonamides is 3. The lowest BCUT2D eigenvalue weighted by Crippen LogP contribution is -2.38. The second-order valence-corrected chi connectivity index (χ2v) is 32.2. The van der Waals surface area contributed by atoms with E-state index in [0.717, 1.165) is 68.3 Å². The van der Waals surface area contributed by atoms with Gasteiger partial charge in [0.15, 0.2) is 0 Å². The number of halogens is 13. The highest BCUT2D eigenvalue weighted by atomic mass is 79.9. The van der Waals surface area contributed by atoms with Gasteiger partial charge < -0.3 is 19.1 Å². The molecule has 92 heavy (non-hydrogen) atoms.